The van der Waals surface area contributed by atoms with E-state index in [1.165, 1.54) is 16.9 Å². The van der Waals surface area contributed by atoms with E-state index >= 15 is 0 Å². The van der Waals surface area contributed by atoms with E-state index in [1.54, 1.807) is 24.3 Å². The van der Waals surface area contributed by atoms with E-state index in [1.807, 2.05) is 31.2 Å². The van der Waals surface area contributed by atoms with Crippen LogP contribution in [0.1, 0.15) is 38.7 Å². The lowest BCUT2D eigenvalue weighted by molar-refractivity contribution is -0.122. The average molecular weight is 405 g/mol. The highest BCUT2D eigenvalue weighted by molar-refractivity contribution is 7.92. The molecule has 0 radical (unpaired) electrons. The largest absolute Gasteiger partial charge is 0.481 e. The van der Waals surface area contributed by atoms with Crippen LogP contribution in [0.2, 0.25) is 0 Å². The molecule has 0 aliphatic heterocycles. The number of nitrogens with zero attached hydrogens (tertiary/aromatic N) is 1. The quantitative estimate of drug-likeness (QED) is 0.721. The third-order valence-corrected chi connectivity index (χ3v) is 5.69. The Labute approximate surface area is 167 Å². The summed E-state index contributed by atoms with van der Waals surface area (Å²) >= 11 is 0. The number of hydrogen-bond acceptors (Lipinski definition) is 4. The molecule has 152 valence electrons. The van der Waals surface area contributed by atoms with Crippen LogP contribution in [0.4, 0.5) is 11.4 Å². The molecule has 0 aromatic heterocycles. The first-order valence-corrected chi connectivity index (χ1v) is 11.1. The number of carbonyl (C=O) groups excluding carboxylic acids is 1. The number of ether oxygens (including phenoxy) is 1. The summed E-state index contributed by atoms with van der Waals surface area (Å²) in [6.07, 6.45) is 0.993. The van der Waals surface area contributed by atoms with Crippen molar-refractivity contribution in [3.63, 3.8) is 0 Å². The van der Waals surface area contributed by atoms with Crippen LogP contribution in [0.5, 0.6) is 5.75 Å². The van der Waals surface area contributed by atoms with Crippen LogP contribution in [0.15, 0.2) is 48.5 Å². The van der Waals surface area contributed by atoms with Crippen molar-refractivity contribution in [3.05, 3.63) is 54.1 Å². The number of hydrogen-bond donors (Lipinski definition) is 1. The van der Waals surface area contributed by atoms with Gasteiger partial charge in [-0.1, -0.05) is 32.9 Å². The zero-order chi connectivity index (χ0) is 20.9. The van der Waals surface area contributed by atoms with Gasteiger partial charge in [0.25, 0.3) is 5.91 Å². The molecule has 28 heavy (non-hydrogen) atoms. The Kier molecular flexibility index (Phi) is 7.07. The summed E-state index contributed by atoms with van der Waals surface area (Å²) in [7, 11) is -1.84. The number of rotatable bonds is 8. The highest BCUT2D eigenvalue weighted by atomic mass is 32.2. The molecule has 0 saturated heterocycles. The predicted molar refractivity (Wildman–Crippen MR) is 114 cm³/mol. The Hall–Kier alpha value is -2.54. The number of carbonyl (C=O) groups is 1. The van der Waals surface area contributed by atoms with Crippen molar-refractivity contribution in [2.45, 2.75) is 39.2 Å². The molecule has 1 atom stereocenters. The molecule has 0 saturated carbocycles. The van der Waals surface area contributed by atoms with E-state index in [0.717, 1.165) is 11.9 Å². The molecule has 1 N–H and O–H groups in total. The maximum Gasteiger partial charge on any atom is 0.265 e. The zero-order valence-corrected chi connectivity index (χ0v) is 17.8. The topological polar surface area (TPSA) is 75.7 Å². The summed E-state index contributed by atoms with van der Waals surface area (Å²) in [5.74, 6) is 0.709. The minimum Gasteiger partial charge on any atom is -0.481 e. The Morgan fingerprint density at radius 2 is 1.64 bits per heavy atom. The van der Waals surface area contributed by atoms with Crippen LogP contribution in [0.3, 0.4) is 0 Å². The first-order chi connectivity index (χ1) is 13.1. The second-order valence-electron chi connectivity index (χ2n) is 7.01. The van der Waals surface area contributed by atoms with Gasteiger partial charge >= 0.3 is 0 Å². The lowest BCUT2D eigenvalue weighted by atomic mass is 10.0. The maximum atomic E-state index is 12.5. The van der Waals surface area contributed by atoms with Gasteiger partial charge in [0, 0.05) is 12.7 Å². The maximum absolute atomic E-state index is 12.5. The van der Waals surface area contributed by atoms with Crippen molar-refractivity contribution in [3.8, 4) is 5.75 Å². The highest BCUT2D eigenvalue weighted by Gasteiger charge is 2.19. The molecule has 2 aromatic carbocycles. The van der Waals surface area contributed by atoms with Gasteiger partial charge in [-0.25, -0.2) is 8.42 Å². The second kappa shape index (κ2) is 9.10. The zero-order valence-electron chi connectivity index (χ0n) is 17.0. The first-order valence-electron chi connectivity index (χ1n) is 9.23. The van der Waals surface area contributed by atoms with Gasteiger partial charge < -0.3 is 10.1 Å². The van der Waals surface area contributed by atoms with Crippen LogP contribution in [0, 0.1) is 0 Å². The summed E-state index contributed by atoms with van der Waals surface area (Å²) in [5.41, 5.74) is 2.46. The normalized spacial score (nSPS) is 12.5. The minimum atomic E-state index is -3.32. The lowest BCUT2D eigenvalue weighted by Gasteiger charge is -2.19. The molecular formula is C21H28N2O4S. The summed E-state index contributed by atoms with van der Waals surface area (Å²) in [4.78, 5) is 12.5. The first kappa shape index (κ1) is 21.8. The molecule has 0 heterocycles. The van der Waals surface area contributed by atoms with Crippen LogP contribution in [-0.2, 0) is 14.8 Å². The van der Waals surface area contributed by atoms with Crippen LogP contribution >= 0.6 is 0 Å². The SMILES string of the molecule is CC[C@H](Oc1ccc(N(C)S(C)(=O)=O)cc1)C(=O)Nc1ccc(C(C)C)cc1. The highest BCUT2D eigenvalue weighted by Crippen LogP contribution is 2.22. The number of sulfonamides is 1. The van der Waals surface area contributed by atoms with E-state index in [2.05, 4.69) is 19.2 Å². The lowest BCUT2D eigenvalue weighted by Crippen LogP contribution is -2.32. The van der Waals surface area contributed by atoms with E-state index in [9.17, 15) is 13.2 Å². The standard InChI is InChI=1S/C21H28N2O4S/c1-6-20(21(24)22-17-9-7-16(8-10-17)15(2)3)27-19-13-11-18(12-14-19)23(4)28(5,25)26/h7-15,20H,6H2,1-5H3,(H,22,24)/t20-/m0/s1. The summed E-state index contributed by atoms with van der Waals surface area (Å²) in [5, 5.41) is 2.88. The Balaban J connectivity index is 2.03. The summed E-state index contributed by atoms with van der Waals surface area (Å²) in [6, 6.07) is 14.4. The third kappa shape index (κ3) is 5.73. The van der Waals surface area contributed by atoms with Gasteiger partial charge in [0.2, 0.25) is 10.0 Å². The minimum absolute atomic E-state index is 0.225. The Morgan fingerprint density at radius 3 is 2.11 bits per heavy atom. The molecule has 0 spiro atoms. The fraction of sp³-hybridized carbons (Fsp3) is 0.381. The molecule has 2 aromatic rings. The van der Waals surface area contributed by atoms with E-state index in [0.29, 0.717) is 23.8 Å². The molecule has 6 nitrogen and oxygen atoms in total. The van der Waals surface area contributed by atoms with Gasteiger partial charge in [0.15, 0.2) is 6.10 Å². The smallest absolute Gasteiger partial charge is 0.265 e. The van der Waals surface area contributed by atoms with Crippen molar-refractivity contribution in [1.29, 1.82) is 0 Å². The van der Waals surface area contributed by atoms with Crippen molar-refractivity contribution in [1.82, 2.24) is 0 Å². The number of benzene rings is 2. The molecule has 7 heteroatoms. The van der Waals surface area contributed by atoms with Crippen molar-refractivity contribution < 1.29 is 17.9 Å². The van der Waals surface area contributed by atoms with Gasteiger partial charge in [-0.05, 0) is 54.3 Å². The van der Waals surface area contributed by atoms with Crippen LogP contribution < -0.4 is 14.4 Å². The molecule has 0 bridgehead atoms. The van der Waals surface area contributed by atoms with Crippen molar-refractivity contribution >= 4 is 27.3 Å². The van der Waals surface area contributed by atoms with E-state index in [4.69, 9.17) is 4.74 Å². The molecular weight excluding hydrogens is 376 g/mol. The summed E-state index contributed by atoms with van der Waals surface area (Å²) < 4.78 is 30.2. The molecule has 2 rings (SSSR count). The average Bonchev–Trinajstić information content (AvgIpc) is 2.65. The van der Waals surface area contributed by atoms with Gasteiger partial charge in [0.1, 0.15) is 5.75 Å². The molecule has 0 fully saturated rings. The van der Waals surface area contributed by atoms with E-state index < -0.39 is 16.1 Å². The van der Waals surface area contributed by atoms with Gasteiger partial charge in [-0.3, -0.25) is 9.10 Å². The summed E-state index contributed by atoms with van der Waals surface area (Å²) in [6.45, 7) is 6.11. The fourth-order valence-electron chi connectivity index (χ4n) is 2.59. The Bertz CT molecular complexity index is 891. The van der Waals surface area contributed by atoms with Crippen molar-refractivity contribution in [2.75, 3.05) is 22.9 Å². The van der Waals surface area contributed by atoms with Crippen LogP contribution in [-0.4, -0.2) is 33.7 Å². The van der Waals surface area contributed by atoms with Gasteiger partial charge in [0.05, 0.1) is 11.9 Å². The predicted octanol–water partition coefficient (Wildman–Crippen LogP) is 4.00. The molecule has 1 amide bonds. The van der Waals surface area contributed by atoms with Gasteiger partial charge in [-0.15, -0.1) is 0 Å². The monoisotopic (exact) mass is 404 g/mol. The number of nitrogens with one attached hydrogen (secondary N) is 1. The molecule has 0 unspecified atom stereocenters. The molecule has 0 aliphatic rings. The third-order valence-electron chi connectivity index (χ3n) is 4.48. The number of anilines is 2. The van der Waals surface area contributed by atoms with Gasteiger partial charge in [-0.2, -0.15) is 0 Å². The fourth-order valence-corrected chi connectivity index (χ4v) is 3.09. The molecule has 0 aliphatic carbocycles. The second-order valence-corrected chi connectivity index (χ2v) is 9.02. The van der Waals surface area contributed by atoms with E-state index in [-0.39, 0.29) is 5.91 Å². The van der Waals surface area contributed by atoms with Crippen LogP contribution in [0.25, 0.3) is 0 Å². The Morgan fingerprint density at radius 1 is 1.07 bits per heavy atom. The van der Waals surface area contributed by atoms with Crippen molar-refractivity contribution in [2.24, 2.45) is 0 Å². The number of amides is 1.